The standard InChI is InChI=1S/C11H23NS/c1-10(2)9-12(7-8-13)11-5-3-4-6-11/h10-11,13H,3-9H2,1-2H3. The first-order valence-electron chi connectivity index (χ1n) is 5.59. The van der Waals surface area contributed by atoms with Crippen molar-refractivity contribution in [2.45, 2.75) is 45.6 Å². The summed E-state index contributed by atoms with van der Waals surface area (Å²) in [5.41, 5.74) is 0. The van der Waals surface area contributed by atoms with Crippen LogP contribution in [0.3, 0.4) is 0 Å². The van der Waals surface area contributed by atoms with Gasteiger partial charge in [0.25, 0.3) is 0 Å². The van der Waals surface area contributed by atoms with Gasteiger partial charge in [0.1, 0.15) is 0 Å². The van der Waals surface area contributed by atoms with E-state index < -0.39 is 0 Å². The maximum Gasteiger partial charge on any atom is 0.00957 e. The van der Waals surface area contributed by atoms with Gasteiger partial charge in [-0.2, -0.15) is 12.6 Å². The Morgan fingerprint density at radius 2 is 1.92 bits per heavy atom. The normalized spacial score (nSPS) is 19.2. The van der Waals surface area contributed by atoms with E-state index in [9.17, 15) is 0 Å². The van der Waals surface area contributed by atoms with Crippen molar-refractivity contribution in [3.8, 4) is 0 Å². The SMILES string of the molecule is CC(C)CN(CCS)C1CCCC1. The molecule has 2 heteroatoms. The highest BCUT2D eigenvalue weighted by Crippen LogP contribution is 2.23. The van der Waals surface area contributed by atoms with Crippen LogP contribution >= 0.6 is 12.6 Å². The summed E-state index contributed by atoms with van der Waals surface area (Å²) in [7, 11) is 0. The number of thiol groups is 1. The van der Waals surface area contributed by atoms with Gasteiger partial charge in [0.2, 0.25) is 0 Å². The Balaban J connectivity index is 2.35. The Labute approximate surface area is 88.3 Å². The molecule has 0 heterocycles. The minimum Gasteiger partial charge on any atom is -0.299 e. The van der Waals surface area contributed by atoms with Gasteiger partial charge in [-0.3, -0.25) is 4.90 Å². The molecule has 0 bridgehead atoms. The molecular formula is C11H23NS. The van der Waals surface area contributed by atoms with Gasteiger partial charge in [-0.1, -0.05) is 26.7 Å². The lowest BCUT2D eigenvalue weighted by Crippen LogP contribution is -2.37. The molecule has 78 valence electrons. The Hall–Kier alpha value is 0.310. The van der Waals surface area contributed by atoms with Crippen molar-refractivity contribution in [1.82, 2.24) is 4.90 Å². The zero-order chi connectivity index (χ0) is 9.68. The van der Waals surface area contributed by atoms with E-state index in [0.29, 0.717) is 0 Å². The van der Waals surface area contributed by atoms with Gasteiger partial charge in [0.15, 0.2) is 0 Å². The Bertz CT molecular complexity index is 130. The second-order valence-corrected chi connectivity index (χ2v) is 5.00. The van der Waals surface area contributed by atoms with Crippen LogP contribution < -0.4 is 0 Å². The van der Waals surface area contributed by atoms with Crippen LogP contribution in [0.4, 0.5) is 0 Å². The maximum absolute atomic E-state index is 4.33. The lowest BCUT2D eigenvalue weighted by molar-refractivity contribution is 0.188. The summed E-state index contributed by atoms with van der Waals surface area (Å²) in [6.07, 6.45) is 5.71. The molecule has 1 rings (SSSR count). The second kappa shape index (κ2) is 5.92. The molecule has 1 nitrogen and oxygen atoms in total. The topological polar surface area (TPSA) is 3.24 Å². The molecule has 0 radical (unpaired) electrons. The summed E-state index contributed by atoms with van der Waals surface area (Å²) in [6, 6.07) is 0.870. The molecule has 0 amide bonds. The molecule has 1 aliphatic carbocycles. The average Bonchev–Trinajstić information content (AvgIpc) is 2.54. The molecular weight excluding hydrogens is 178 g/mol. The van der Waals surface area contributed by atoms with Crippen LogP contribution in [0.1, 0.15) is 39.5 Å². The van der Waals surface area contributed by atoms with Crippen LogP contribution in [0, 0.1) is 5.92 Å². The highest BCUT2D eigenvalue weighted by atomic mass is 32.1. The summed E-state index contributed by atoms with van der Waals surface area (Å²) >= 11 is 4.33. The summed E-state index contributed by atoms with van der Waals surface area (Å²) in [6.45, 7) is 7.04. The predicted octanol–water partition coefficient (Wildman–Crippen LogP) is 2.82. The Kier molecular flexibility index (Phi) is 5.18. The molecule has 1 aliphatic rings. The molecule has 0 atom stereocenters. The van der Waals surface area contributed by atoms with Crippen molar-refractivity contribution in [1.29, 1.82) is 0 Å². The van der Waals surface area contributed by atoms with Gasteiger partial charge >= 0.3 is 0 Å². The number of hydrogen-bond donors (Lipinski definition) is 1. The van der Waals surface area contributed by atoms with E-state index >= 15 is 0 Å². The van der Waals surface area contributed by atoms with Crippen LogP contribution in [-0.2, 0) is 0 Å². The second-order valence-electron chi connectivity index (χ2n) is 4.55. The molecule has 0 unspecified atom stereocenters. The van der Waals surface area contributed by atoms with Gasteiger partial charge in [0.05, 0.1) is 0 Å². The van der Waals surface area contributed by atoms with Gasteiger partial charge in [-0.25, -0.2) is 0 Å². The van der Waals surface area contributed by atoms with Crippen LogP contribution in [0.2, 0.25) is 0 Å². The van der Waals surface area contributed by atoms with Gasteiger partial charge in [-0.05, 0) is 18.8 Å². The predicted molar refractivity (Wildman–Crippen MR) is 62.5 cm³/mol. The fourth-order valence-electron chi connectivity index (χ4n) is 2.29. The average molecular weight is 201 g/mol. The Morgan fingerprint density at radius 3 is 2.38 bits per heavy atom. The van der Waals surface area contributed by atoms with Crippen molar-refractivity contribution >= 4 is 12.6 Å². The molecule has 1 saturated carbocycles. The number of hydrogen-bond acceptors (Lipinski definition) is 2. The lowest BCUT2D eigenvalue weighted by Gasteiger charge is -2.29. The van der Waals surface area contributed by atoms with Gasteiger partial charge in [0, 0.05) is 24.9 Å². The zero-order valence-corrected chi connectivity index (χ0v) is 9.89. The molecule has 0 aromatic rings. The summed E-state index contributed by atoms with van der Waals surface area (Å²) < 4.78 is 0. The van der Waals surface area contributed by atoms with Crippen LogP contribution in [0.25, 0.3) is 0 Å². The molecule has 13 heavy (non-hydrogen) atoms. The minimum absolute atomic E-state index is 0.792. The van der Waals surface area contributed by atoms with E-state index in [1.807, 2.05) is 0 Å². The first kappa shape index (κ1) is 11.4. The van der Waals surface area contributed by atoms with E-state index in [1.54, 1.807) is 0 Å². The molecule has 0 saturated heterocycles. The van der Waals surface area contributed by atoms with Gasteiger partial charge < -0.3 is 0 Å². The first-order chi connectivity index (χ1) is 6.24. The van der Waals surface area contributed by atoms with Crippen molar-refractivity contribution < 1.29 is 0 Å². The maximum atomic E-state index is 4.33. The van der Waals surface area contributed by atoms with E-state index in [-0.39, 0.29) is 0 Å². The van der Waals surface area contributed by atoms with E-state index in [1.165, 1.54) is 38.8 Å². The van der Waals surface area contributed by atoms with Crippen molar-refractivity contribution in [3.05, 3.63) is 0 Å². The molecule has 0 spiro atoms. The Morgan fingerprint density at radius 1 is 1.31 bits per heavy atom. The zero-order valence-electron chi connectivity index (χ0n) is 9.00. The lowest BCUT2D eigenvalue weighted by atomic mass is 10.1. The minimum atomic E-state index is 0.792. The summed E-state index contributed by atoms with van der Waals surface area (Å²) in [4.78, 5) is 2.64. The molecule has 1 fully saturated rings. The molecule has 0 aromatic heterocycles. The molecule has 0 aromatic carbocycles. The fourth-order valence-corrected chi connectivity index (χ4v) is 2.55. The van der Waals surface area contributed by atoms with Crippen LogP contribution in [0.15, 0.2) is 0 Å². The number of rotatable bonds is 5. The highest BCUT2D eigenvalue weighted by molar-refractivity contribution is 7.80. The van der Waals surface area contributed by atoms with E-state index in [0.717, 1.165) is 17.7 Å². The monoisotopic (exact) mass is 201 g/mol. The fraction of sp³-hybridized carbons (Fsp3) is 1.00. The first-order valence-corrected chi connectivity index (χ1v) is 6.22. The summed E-state index contributed by atoms with van der Waals surface area (Å²) in [5.74, 6) is 1.80. The molecule has 0 N–H and O–H groups in total. The smallest absolute Gasteiger partial charge is 0.00957 e. The third kappa shape index (κ3) is 3.90. The molecule has 0 aliphatic heterocycles. The van der Waals surface area contributed by atoms with Crippen molar-refractivity contribution in [2.75, 3.05) is 18.8 Å². The van der Waals surface area contributed by atoms with E-state index in [2.05, 4.69) is 31.4 Å². The van der Waals surface area contributed by atoms with Crippen molar-refractivity contribution in [2.24, 2.45) is 5.92 Å². The highest BCUT2D eigenvalue weighted by Gasteiger charge is 2.22. The third-order valence-corrected chi connectivity index (χ3v) is 3.03. The largest absolute Gasteiger partial charge is 0.299 e. The van der Waals surface area contributed by atoms with Crippen LogP contribution in [-0.4, -0.2) is 29.8 Å². The third-order valence-electron chi connectivity index (χ3n) is 2.83. The van der Waals surface area contributed by atoms with Crippen molar-refractivity contribution in [3.63, 3.8) is 0 Å². The van der Waals surface area contributed by atoms with Gasteiger partial charge in [-0.15, -0.1) is 0 Å². The summed E-state index contributed by atoms with van der Waals surface area (Å²) in [5, 5.41) is 0. The van der Waals surface area contributed by atoms with Crippen LogP contribution in [0.5, 0.6) is 0 Å². The van der Waals surface area contributed by atoms with E-state index in [4.69, 9.17) is 0 Å². The number of nitrogens with zero attached hydrogens (tertiary/aromatic N) is 1. The quantitative estimate of drug-likeness (QED) is 0.669.